The zero-order valence-corrected chi connectivity index (χ0v) is 51.2. The first-order valence-electron chi connectivity index (χ1n) is 28.1. The largest absolute Gasteiger partial charge is 2.00 e. The van der Waals surface area contributed by atoms with Crippen LogP contribution in [0.25, 0.3) is 17.2 Å². The number of hydrogen-bond acceptors (Lipinski definition) is 14. The van der Waals surface area contributed by atoms with Crippen LogP contribution in [0, 0.1) is 5.92 Å². The smallest absolute Gasteiger partial charge is 0.550 e. The summed E-state index contributed by atoms with van der Waals surface area (Å²) < 4.78 is 12.8. The maximum Gasteiger partial charge on any atom is 2.00 e. The van der Waals surface area contributed by atoms with Gasteiger partial charge in [0.05, 0.1) is 49.2 Å². The van der Waals surface area contributed by atoms with Crippen molar-refractivity contribution in [3.63, 3.8) is 0 Å². The van der Waals surface area contributed by atoms with Gasteiger partial charge in [-0.15, -0.1) is 0 Å². The molecule has 18 heteroatoms. The number of amides is 2. The Morgan fingerprint density at radius 3 is 1.98 bits per heavy atom. The number of nitrogens with two attached hydrogens (primary N) is 1. The first-order chi connectivity index (χ1) is 39.2. The van der Waals surface area contributed by atoms with Crippen LogP contribution in [0.3, 0.4) is 0 Å². The van der Waals surface area contributed by atoms with Crippen molar-refractivity contribution in [2.24, 2.45) is 5.92 Å². The first kappa shape index (κ1) is 71.1. The van der Waals surface area contributed by atoms with E-state index in [0.717, 1.165) is 51.4 Å². The van der Waals surface area contributed by atoms with Crippen LogP contribution in [0.5, 0.6) is 0 Å². The number of hydrogen-bond donors (Lipinski definition) is 7. The Kier molecular flexibility index (Phi) is 32.5. The van der Waals surface area contributed by atoms with Crippen LogP contribution in [0.15, 0.2) is 146 Å². The quantitative estimate of drug-likeness (QED) is 0.0150. The Morgan fingerprint density at radius 1 is 0.831 bits per heavy atom. The van der Waals surface area contributed by atoms with Crippen LogP contribution in [0.4, 0.5) is 16.2 Å². The number of aromatic nitrogens is 1. The maximum atomic E-state index is 14.0. The number of aliphatic hydroxyl groups is 4. The van der Waals surface area contributed by atoms with Crippen molar-refractivity contribution in [1.82, 2.24) is 14.8 Å². The topological polar surface area (TPSA) is 272 Å². The van der Waals surface area contributed by atoms with E-state index in [-0.39, 0.29) is 74.9 Å². The van der Waals surface area contributed by atoms with Gasteiger partial charge in [0.1, 0.15) is 6.10 Å². The number of nitrogen functional groups attached to an aromatic ring is 1. The molecule has 1 fully saturated rings. The van der Waals surface area contributed by atoms with Crippen molar-refractivity contribution >= 4 is 79.1 Å². The molecule has 0 saturated carbocycles. The average Bonchev–Trinajstić information content (AvgIpc) is 3.60. The second kappa shape index (κ2) is 38.0. The Labute approximate surface area is 519 Å². The number of benzene rings is 4. The third-order valence-corrected chi connectivity index (χ3v) is 13.3. The minimum atomic E-state index is -1.37. The number of aliphatic carboxylic acids is 2. The summed E-state index contributed by atoms with van der Waals surface area (Å²) >= 11 is 0. The second-order valence-corrected chi connectivity index (χ2v) is 21.3. The third kappa shape index (κ3) is 26.1. The molecule has 1 aliphatic heterocycles. The molecule has 4 aromatic carbocycles. The van der Waals surface area contributed by atoms with Gasteiger partial charge in [-0.1, -0.05) is 156 Å². The molecule has 2 amide bonds. The molecule has 2 heterocycles. The number of carbonyl (C=O) groups excluding carboxylic acids is 4. The van der Waals surface area contributed by atoms with E-state index in [1.807, 2.05) is 154 Å². The van der Waals surface area contributed by atoms with E-state index >= 15 is 0 Å². The average molecular weight is 1170 g/mol. The van der Waals surface area contributed by atoms with Crippen molar-refractivity contribution in [3.8, 4) is 11.1 Å². The molecule has 0 bridgehead atoms. The van der Waals surface area contributed by atoms with Gasteiger partial charge in [-0.3, -0.25) is 9.69 Å². The molecule has 444 valence electrons. The van der Waals surface area contributed by atoms with Gasteiger partial charge in [-0.2, -0.15) is 0 Å². The fourth-order valence-electron chi connectivity index (χ4n) is 9.28. The van der Waals surface area contributed by atoms with Crippen LogP contribution in [-0.2, 0) is 38.6 Å². The molecule has 1 saturated heterocycles. The van der Waals surface area contributed by atoms with Gasteiger partial charge in [-0.05, 0) is 91.5 Å². The summed E-state index contributed by atoms with van der Waals surface area (Å²) in [6.45, 7) is 19.1. The molecule has 83 heavy (non-hydrogen) atoms. The van der Waals surface area contributed by atoms with E-state index in [1.165, 1.54) is 0 Å². The van der Waals surface area contributed by atoms with Crippen molar-refractivity contribution in [3.05, 3.63) is 174 Å². The molecule has 0 spiro atoms. The van der Waals surface area contributed by atoms with Crippen molar-refractivity contribution < 1.29 is 59.3 Å². The van der Waals surface area contributed by atoms with E-state index in [2.05, 4.69) is 40.5 Å². The summed E-state index contributed by atoms with van der Waals surface area (Å²) in [5.74, 6) is -2.43. The summed E-state index contributed by atoms with van der Waals surface area (Å²) in [7, 11) is 0. The molecule has 6 rings (SSSR count). The van der Waals surface area contributed by atoms with Crippen molar-refractivity contribution in [1.29, 1.82) is 0 Å². The standard InChI is InChI=1S/C34H40N2O5.C26H37N3O4.C5H10O3.Ca/c1-5-24(4)13-12-18-29-31(25-14-8-6-9-15-25)32(34(41)35-26-16-10-7-11-17-26)33(23(2)3)36(29)20-19-27(37)21-28(38)22-30(39)40;1-19(2)15-29(16-21-8-10-22(27)11-9-21)17-25(30)24(14-20-6-4-3-5-7-20)28-26(31)33-23-12-13-32-18-23;1-2-4(6)3-5(7)8;/h5-18,23,27-28,37-38H,1,19-22H2,2-4H3,(H,35,41)(H,39,40);3-11,19,23-25,30H,12-18,27H2,1-2H3,(H,28,31);4,6H,2-3H2,1H3,(H,7,8);/q;;;+2/p-2/b18-12+,24-13-;;;/t;23-,24-,25+;4-;/m.00./s1. The van der Waals surface area contributed by atoms with Gasteiger partial charge < -0.3 is 70.6 Å². The van der Waals surface area contributed by atoms with Crippen molar-refractivity contribution in [2.45, 2.75) is 142 Å². The van der Waals surface area contributed by atoms with Gasteiger partial charge in [0.15, 0.2) is 0 Å². The SMILES string of the molecule is C=C/C(C)=C\C=C\c1c(-c2ccccc2)c(C(=O)Nc2ccccc2)c(C(C)C)n1CCC(O)CC(O)CC(=O)[O-].CC(C)CN(Cc1ccc(N)cc1)C[C@@H](O)[C@H](Cc1ccccc1)NC(=O)O[C@H]1CCOC1.CC[C@H](O)CC(=O)[O-].[Ca+2]. The number of aliphatic hydroxyl groups excluding tert-OH is 4. The predicted octanol–water partition coefficient (Wildman–Crippen LogP) is 7.05. The molecule has 6 atom stereocenters. The summed E-state index contributed by atoms with van der Waals surface area (Å²) in [4.78, 5) is 49.3. The minimum absolute atomic E-state index is 0. The van der Waals surface area contributed by atoms with Crippen LogP contribution in [-0.4, -0.2) is 154 Å². The van der Waals surface area contributed by atoms with Crippen LogP contribution in [0.1, 0.15) is 119 Å². The van der Waals surface area contributed by atoms with Gasteiger partial charge in [0, 0.05) is 85.7 Å². The van der Waals surface area contributed by atoms with E-state index in [1.54, 1.807) is 13.0 Å². The number of rotatable bonds is 28. The number of anilines is 2. The molecule has 5 aromatic rings. The molecular formula is C65H85CaN5O12. The maximum absolute atomic E-state index is 14.0. The number of carboxylic acid groups (broad SMARTS) is 2. The van der Waals surface area contributed by atoms with Crippen LogP contribution < -0.4 is 26.6 Å². The number of nitrogens with one attached hydrogen (secondary N) is 2. The van der Waals surface area contributed by atoms with E-state index < -0.39 is 54.9 Å². The normalized spacial score (nSPS) is 15.0. The van der Waals surface area contributed by atoms with Gasteiger partial charge >= 0.3 is 43.8 Å². The molecule has 0 aliphatic carbocycles. The van der Waals surface area contributed by atoms with E-state index in [0.29, 0.717) is 69.3 Å². The van der Waals surface area contributed by atoms with Gasteiger partial charge in [0.25, 0.3) is 5.91 Å². The Bertz CT molecular complexity index is 2790. The number of para-hydroxylation sites is 1. The number of alkyl carbamates (subject to hydrolysis) is 1. The Hall–Kier alpha value is -6.12. The number of carboxylic acids is 2. The van der Waals surface area contributed by atoms with Gasteiger partial charge in [0.2, 0.25) is 0 Å². The second-order valence-electron chi connectivity index (χ2n) is 21.3. The molecule has 0 radical (unpaired) electrons. The minimum Gasteiger partial charge on any atom is -0.550 e. The van der Waals surface area contributed by atoms with Crippen molar-refractivity contribution in [2.75, 3.05) is 37.4 Å². The molecule has 17 nitrogen and oxygen atoms in total. The monoisotopic (exact) mass is 1170 g/mol. The molecule has 8 N–H and O–H groups in total. The zero-order valence-electron chi connectivity index (χ0n) is 49.0. The zero-order chi connectivity index (χ0) is 60.1. The third-order valence-electron chi connectivity index (χ3n) is 13.3. The van der Waals surface area contributed by atoms with E-state index in [9.17, 15) is 44.7 Å². The molecule has 1 aromatic heterocycles. The Morgan fingerprint density at radius 2 is 1.43 bits per heavy atom. The molecule has 1 aliphatic rings. The van der Waals surface area contributed by atoms with Gasteiger partial charge in [-0.25, -0.2) is 4.79 Å². The summed E-state index contributed by atoms with van der Waals surface area (Å²) in [6.07, 6.45) is 4.18. The fraction of sp³-hybridized carbons (Fsp3) is 0.415. The Balaban J connectivity index is 0.000000386. The van der Waals surface area contributed by atoms with E-state index in [4.69, 9.17) is 20.3 Å². The number of allylic oxidation sites excluding steroid dienone is 4. The molecule has 2 unspecified atom stereocenters. The first-order valence-corrected chi connectivity index (χ1v) is 28.1. The fourth-order valence-corrected chi connectivity index (χ4v) is 9.28. The summed E-state index contributed by atoms with van der Waals surface area (Å²) in [5, 5.41) is 67.1. The number of carbonyl (C=O) groups is 4. The van der Waals surface area contributed by atoms with Crippen LogP contribution in [0.2, 0.25) is 0 Å². The number of nitrogens with zero attached hydrogens (tertiary/aromatic N) is 2. The predicted molar refractivity (Wildman–Crippen MR) is 324 cm³/mol. The van der Waals surface area contributed by atoms with Crippen LogP contribution >= 0.6 is 0 Å². The molecular weight excluding hydrogens is 1080 g/mol. The summed E-state index contributed by atoms with van der Waals surface area (Å²) in [6, 6.07) is 36.2. The number of ether oxygens (including phenoxy) is 2. The summed E-state index contributed by atoms with van der Waals surface area (Å²) in [5.41, 5.74) is 14.2.